The molecule has 0 amide bonds. The summed E-state index contributed by atoms with van der Waals surface area (Å²) >= 11 is 0. The molecule has 0 spiro atoms. The minimum Gasteiger partial charge on any atom is -1.00 e. The highest BCUT2D eigenvalue weighted by molar-refractivity contribution is 4.86. The van der Waals surface area contributed by atoms with Crippen molar-refractivity contribution in [2.24, 2.45) is 0 Å². The lowest BCUT2D eigenvalue weighted by atomic mass is 9.95. The summed E-state index contributed by atoms with van der Waals surface area (Å²) in [6.07, 6.45) is 4.71. The predicted molar refractivity (Wildman–Crippen MR) is 53.4 cm³/mol. The fourth-order valence-corrected chi connectivity index (χ4v) is 3.50. The highest BCUT2D eigenvalue weighted by atomic mass is 79.9. The van der Waals surface area contributed by atoms with E-state index < -0.39 is 0 Å². The molecular weight excluding hydrogens is 242 g/mol. The van der Waals surface area contributed by atoms with Gasteiger partial charge in [0.2, 0.25) is 0 Å². The van der Waals surface area contributed by atoms with Gasteiger partial charge in [-0.15, -0.1) is 0 Å². The summed E-state index contributed by atoms with van der Waals surface area (Å²) in [5.41, 5.74) is 0. The lowest BCUT2D eigenvalue weighted by Crippen LogP contribution is -3.00. The van der Waals surface area contributed by atoms with Crippen molar-refractivity contribution < 1.29 is 26.6 Å². The number of hydrogen-bond acceptors (Lipinski definition) is 1. The van der Waals surface area contributed by atoms with Crippen molar-refractivity contribution >= 4 is 0 Å². The first-order valence-electron chi connectivity index (χ1n) is 5.58. The monoisotopic (exact) mass is 263 g/mol. The van der Waals surface area contributed by atoms with Gasteiger partial charge in [-0.25, -0.2) is 0 Å². The molecule has 2 rings (SSSR count). The Morgan fingerprint density at radius 1 is 1.14 bits per heavy atom. The molecule has 2 bridgehead atoms. The van der Waals surface area contributed by atoms with E-state index in [0.717, 1.165) is 24.9 Å². The molecule has 0 saturated carbocycles. The molecule has 2 atom stereocenters. The van der Waals surface area contributed by atoms with Crippen LogP contribution >= 0.6 is 0 Å². The second kappa shape index (κ2) is 4.11. The van der Waals surface area contributed by atoms with Crippen molar-refractivity contribution in [3.05, 3.63) is 0 Å². The van der Waals surface area contributed by atoms with E-state index in [0.29, 0.717) is 6.04 Å². The zero-order chi connectivity index (χ0) is 9.64. The molecule has 0 radical (unpaired) electrons. The van der Waals surface area contributed by atoms with Gasteiger partial charge in [-0.3, -0.25) is 0 Å². The zero-order valence-corrected chi connectivity index (χ0v) is 11.0. The van der Waals surface area contributed by atoms with Gasteiger partial charge in [0.25, 0.3) is 0 Å². The molecule has 2 heterocycles. The fourth-order valence-electron chi connectivity index (χ4n) is 3.50. The minimum absolute atomic E-state index is 0. The van der Waals surface area contributed by atoms with Crippen LogP contribution in [0.3, 0.4) is 0 Å². The molecular formula is C11H22BrNO. The van der Waals surface area contributed by atoms with Gasteiger partial charge < -0.3 is 26.6 Å². The Bertz CT molecular complexity index is 193. The SMILES string of the molecule is CC(C)[N+]1(C)C2CCC1CC(O)C2.[Br-]. The maximum Gasteiger partial charge on any atom is 0.0919 e. The van der Waals surface area contributed by atoms with E-state index >= 15 is 0 Å². The number of hydrogen-bond donors (Lipinski definition) is 1. The lowest BCUT2D eigenvalue weighted by Gasteiger charge is -2.49. The van der Waals surface area contributed by atoms with Crippen LogP contribution in [-0.2, 0) is 0 Å². The summed E-state index contributed by atoms with van der Waals surface area (Å²) < 4.78 is 1.22. The number of aliphatic hydroxyl groups is 1. The van der Waals surface area contributed by atoms with Gasteiger partial charge in [-0.1, -0.05) is 0 Å². The molecule has 3 heteroatoms. The molecule has 0 aromatic rings. The smallest absolute Gasteiger partial charge is 0.0919 e. The van der Waals surface area contributed by atoms with Gasteiger partial charge in [0.1, 0.15) is 0 Å². The molecule has 2 aliphatic rings. The van der Waals surface area contributed by atoms with Gasteiger partial charge in [0.05, 0.1) is 31.3 Å². The van der Waals surface area contributed by atoms with Crippen LogP contribution in [0.15, 0.2) is 0 Å². The van der Waals surface area contributed by atoms with E-state index in [-0.39, 0.29) is 23.1 Å². The van der Waals surface area contributed by atoms with Crippen LogP contribution in [0.2, 0.25) is 0 Å². The fraction of sp³-hybridized carbons (Fsp3) is 1.00. The van der Waals surface area contributed by atoms with Gasteiger partial charge in [0, 0.05) is 25.7 Å². The number of fused-ring (bicyclic) bond motifs is 2. The quantitative estimate of drug-likeness (QED) is 0.573. The van der Waals surface area contributed by atoms with E-state index in [4.69, 9.17) is 0 Å². The first-order chi connectivity index (χ1) is 6.05. The van der Waals surface area contributed by atoms with Crippen LogP contribution in [0.5, 0.6) is 0 Å². The maximum atomic E-state index is 9.69. The van der Waals surface area contributed by atoms with Crippen LogP contribution in [0.1, 0.15) is 39.5 Å². The average Bonchev–Trinajstić information content (AvgIpc) is 2.29. The predicted octanol–water partition coefficient (Wildman–Crippen LogP) is -1.47. The van der Waals surface area contributed by atoms with Gasteiger partial charge in [-0.2, -0.15) is 0 Å². The number of rotatable bonds is 1. The van der Waals surface area contributed by atoms with E-state index in [1.807, 2.05) is 0 Å². The number of nitrogens with zero attached hydrogens (tertiary/aromatic N) is 1. The summed E-state index contributed by atoms with van der Waals surface area (Å²) in [5.74, 6) is 0. The van der Waals surface area contributed by atoms with Crippen molar-refractivity contribution in [3.8, 4) is 0 Å². The summed E-state index contributed by atoms with van der Waals surface area (Å²) in [6.45, 7) is 4.64. The molecule has 0 aliphatic carbocycles. The second-order valence-electron chi connectivity index (χ2n) is 5.33. The van der Waals surface area contributed by atoms with Crippen molar-refractivity contribution in [3.63, 3.8) is 0 Å². The molecule has 2 nitrogen and oxygen atoms in total. The van der Waals surface area contributed by atoms with Crippen LogP contribution in [0.25, 0.3) is 0 Å². The Morgan fingerprint density at radius 3 is 1.93 bits per heavy atom. The Morgan fingerprint density at radius 2 is 1.57 bits per heavy atom. The van der Waals surface area contributed by atoms with Crippen LogP contribution in [0.4, 0.5) is 0 Å². The average molecular weight is 264 g/mol. The van der Waals surface area contributed by atoms with E-state index in [2.05, 4.69) is 20.9 Å². The summed E-state index contributed by atoms with van der Waals surface area (Å²) in [4.78, 5) is 0. The standard InChI is InChI=1S/C11H22NO.BrH/c1-8(2)12(3)9-4-5-10(12)7-11(13)6-9;/h8-11,13H,4-7H2,1-3H3;1H/q+1;/p-1. The normalized spacial score (nSPS) is 46.5. The largest absolute Gasteiger partial charge is 1.00 e. The van der Waals surface area contributed by atoms with Crippen molar-refractivity contribution in [2.75, 3.05) is 7.05 Å². The van der Waals surface area contributed by atoms with Crippen LogP contribution < -0.4 is 17.0 Å². The Balaban J connectivity index is 0.000000980. The molecule has 2 unspecified atom stereocenters. The molecule has 1 N–H and O–H groups in total. The molecule has 2 saturated heterocycles. The third kappa shape index (κ3) is 1.63. The topological polar surface area (TPSA) is 20.2 Å². The van der Waals surface area contributed by atoms with E-state index in [1.54, 1.807) is 0 Å². The van der Waals surface area contributed by atoms with Gasteiger partial charge in [0.15, 0.2) is 0 Å². The Hall–Kier alpha value is 0.400. The third-order valence-corrected chi connectivity index (χ3v) is 4.61. The van der Waals surface area contributed by atoms with E-state index in [1.165, 1.54) is 17.3 Å². The molecule has 14 heavy (non-hydrogen) atoms. The molecule has 2 aliphatic heterocycles. The minimum atomic E-state index is -0.0116. The van der Waals surface area contributed by atoms with Crippen LogP contribution in [0, 0.1) is 0 Å². The van der Waals surface area contributed by atoms with Gasteiger partial charge in [-0.05, 0) is 13.8 Å². The van der Waals surface area contributed by atoms with Crippen molar-refractivity contribution in [2.45, 2.75) is 63.8 Å². The van der Waals surface area contributed by atoms with E-state index in [9.17, 15) is 5.11 Å². The lowest BCUT2D eigenvalue weighted by molar-refractivity contribution is -0.968. The number of quaternary nitrogens is 1. The summed E-state index contributed by atoms with van der Waals surface area (Å²) in [5, 5.41) is 9.69. The maximum absolute atomic E-state index is 9.69. The van der Waals surface area contributed by atoms with Crippen LogP contribution in [-0.4, -0.2) is 40.9 Å². The van der Waals surface area contributed by atoms with Gasteiger partial charge >= 0.3 is 0 Å². The summed E-state index contributed by atoms with van der Waals surface area (Å²) in [6, 6.07) is 2.17. The number of aliphatic hydroxyl groups excluding tert-OH is 1. The molecule has 2 fully saturated rings. The number of piperidine rings is 1. The van der Waals surface area contributed by atoms with Crippen molar-refractivity contribution in [1.82, 2.24) is 0 Å². The first-order valence-corrected chi connectivity index (χ1v) is 5.58. The highest BCUT2D eigenvalue weighted by Gasteiger charge is 2.52. The summed E-state index contributed by atoms with van der Waals surface area (Å²) in [7, 11) is 2.39. The molecule has 0 aromatic heterocycles. The third-order valence-electron chi connectivity index (χ3n) is 4.61. The Kier molecular flexibility index (Phi) is 3.66. The Labute approximate surface area is 97.7 Å². The zero-order valence-electron chi connectivity index (χ0n) is 9.41. The molecule has 0 aromatic carbocycles. The van der Waals surface area contributed by atoms with Crippen molar-refractivity contribution in [1.29, 1.82) is 0 Å². The highest BCUT2D eigenvalue weighted by Crippen LogP contribution is 2.42. The second-order valence-corrected chi connectivity index (χ2v) is 5.33. The first kappa shape index (κ1) is 12.5. The molecule has 84 valence electrons. The number of halogens is 1.